The fourth-order valence-electron chi connectivity index (χ4n) is 6.90. The number of aromatic nitrogens is 1. The minimum atomic E-state index is -2.70. The quantitative estimate of drug-likeness (QED) is 0.461. The predicted molar refractivity (Wildman–Crippen MR) is 144 cm³/mol. The second kappa shape index (κ2) is 9.29. The first kappa shape index (κ1) is 26.7. The van der Waals surface area contributed by atoms with Gasteiger partial charge in [0.25, 0.3) is 5.92 Å². The van der Waals surface area contributed by atoms with E-state index in [0.717, 1.165) is 5.56 Å². The first-order chi connectivity index (χ1) is 19.1. The minimum Gasteiger partial charge on any atom is -0.481 e. The molecule has 1 aromatic heterocycles. The largest absolute Gasteiger partial charge is 0.481 e. The number of aliphatic hydroxyl groups is 2. The minimum absolute atomic E-state index is 0.0921. The molecule has 1 aliphatic carbocycles. The molecular formula is C30H33F2N3O5. The topological polar surface area (TPSA) is 87.5 Å². The third-order valence-electron chi connectivity index (χ3n) is 8.49. The summed E-state index contributed by atoms with van der Waals surface area (Å²) < 4.78 is 45.0. The molecule has 0 amide bonds. The summed E-state index contributed by atoms with van der Waals surface area (Å²) in [7, 11) is 6.75. The van der Waals surface area contributed by atoms with Crippen LogP contribution in [0.4, 0.5) is 14.5 Å². The fraction of sp³-hybridized carbons (Fsp3) is 0.433. The molecule has 1 saturated heterocycles. The lowest BCUT2D eigenvalue weighted by atomic mass is 9.70. The van der Waals surface area contributed by atoms with Crippen LogP contribution in [0.2, 0.25) is 0 Å². The van der Waals surface area contributed by atoms with E-state index in [-0.39, 0.29) is 30.4 Å². The molecule has 0 unspecified atom stereocenters. The predicted octanol–water partition coefficient (Wildman–Crippen LogP) is 3.37. The molecule has 3 aliphatic rings. The van der Waals surface area contributed by atoms with Crippen LogP contribution >= 0.6 is 0 Å². The highest BCUT2D eigenvalue weighted by Crippen LogP contribution is 2.70. The second-order valence-corrected chi connectivity index (χ2v) is 11.2. The summed E-state index contributed by atoms with van der Waals surface area (Å²) in [5, 5.41) is 25.0. The standard InChI is InChI=1S/C30H33F2N3O5/c1-34(2)15-21-24(18-8-6-5-7-9-18)30(19-10-12-20(13-11-19)35-16-28(31,32)17-35)29(37,26(21)36)25-22(40-30)14-23(38-3)33-27(25)39-4/h5-14,21,24,26,36-37H,15-17H2,1-4H3/t21-,24-,26-,29+,30+/m1/s1. The van der Waals surface area contributed by atoms with E-state index in [2.05, 4.69) is 4.98 Å². The van der Waals surface area contributed by atoms with Crippen molar-refractivity contribution in [3.8, 4) is 17.5 Å². The van der Waals surface area contributed by atoms with Crippen LogP contribution < -0.4 is 19.1 Å². The van der Waals surface area contributed by atoms with Crippen molar-refractivity contribution in [2.45, 2.75) is 29.1 Å². The van der Waals surface area contributed by atoms with Gasteiger partial charge in [-0.05, 0) is 37.4 Å². The van der Waals surface area contributed by atoms with Gasteiger partial charge in [-0.1, -0.05) is 42.5 Å². The lowest BCUT2D eigenvalue weighted by molar-refractivity contribution is -0.152. The average Bonchev–Trinajstić information content (AvgIpc) is 3.29. The van der Waals surface area contributed by atoms with Crippen LogP contribution in [-0.4, -0.2) is 80.1 Å². The Kier molecular flexibility index (Phi) is 6.21. The number of pyridine rings is 1. The van der Waals surface area contributed by atoms with Crippen LogP contribution in [-0.2, 0) is 11.2 Å². The maximum absolute atomic E-state index is 13.6. The van der Waals surface area contributed by atoms with Gasteiger partial charge in [-0.3, -0.25) is 0 Å². The number of alkyl halides is 2. The third kappa shape index (κ3) is 3.69. The number of methoxy groups -OCH3 is 2. The fourth-order valence-corrected chi connectivity index (χ4v) is 6.90. The number of nitrogens with zero attached hydrogens (tertiary/aromatic N) is 3. The molecule has 2 fully saturated rings. The van der Waals surface area contributed by atoms with E-state index in [1.165, 1.54) is 14.2 Å². The molecule has 0 spiro atoms. The smallest absolute Gasteiger partial charge is 0.282 e. The van der Waals surface area contributed by atoms with Crippen LogP contribution in [0.1, 0.15) is 22.6 Å². The number of hydrogen-bond donors (Lipinski definition) is 2. The van der Waals surface area contributed by atoms with E-state index < -0.39 is 35.1 Å². The first-order valence-electron chi connectivity index (χ1n) is 13.2. The van der Waals surface area contributed by atoms with Crippen molar-refractivity contribution in [2.75, 3.05) is 52.8 Å². The Morgan fingerprint density at radius 3 is 2.30 bits per heavy atom. The number of fused-ring (bicyclic) bond motifs is 3. The summed E-state index contributed by atoms with van der Waals surface area (Å²) in [5.41, 5.74) is -1.11. The van der Waals surface area contributed by atoms with Crippen molar-refractivity contribution in [3.05, 3.63) is 77.4 Å². The van der Waals surface area contributed by atoms with Crippen LogP contribution in [0.25, 0.3) is 0 Å². The van der Waals surface area contributed by atoms with E-state index >= 15 is 0 Å². The molecule has 2 aromatic carbocycles. The van der Waals surface area contributed by atoms with Gasteiger partial charge in [0.15, 0.2) is 11.2 Å². The molecule has 8 nitrogen and oxygen atoms in total. The molecule has 0 bridgehead atoms. The Bertz CT molecular complexity index is 1400. The van der Waals surface area contributed by atoms with Gasteiger partial charge < -0.3 is 34.2 Å². The van der Waals surface area contributed by atoms with E-state index in [4.69, 9.17) is 14.2 Å². The molecule has 2 aliphatic heterocycles. The number of anilines is 1. The SMILES string of the molecule is COc1cc2c(c(OC)n1)[C@]1(O)[C@H](O)[C@H](CN(C)C)[C@@H](c3ccccc3)[C@]1(c1ccc(N3CC(F)(F)C3)cc1)O2. The van der Waals surface area contributed by atoms with Gasteiger partial charge in [0.2, 0.25) is 11.8 Å². The number of benzene rings is 2. The van der Waals surface area contributed by atoms with Crippen molar-refractivity contribution in [1.29, 1.82) is 0 Å². The third-order valence-corrected chi connectivity index (χ3v) is 8.49. The zero-order valence-corrected chi connectivity index (χ0v) is 22.8. The van der Waals surface area contributed by atoms with Crippen molar-refractivity contribution in [1.82, 2.24) is 9.88 Å². The highest BCUT2D eigenvalue weighted by atomic mass is 19.3. The Morgan fingerprint density at radius 1 is 1.05 bits per heavy atom. The normalized spacial score (nSPS) is 29.9. The summed E-state index contributed by atoms with van der Waals surface area (Å²) in [6.07, 6.45) is -1.28. The molecule has 5 atom stereocenters. The molecule has 40 heavy (non-hydrogen) atoms. The van der Waals surface area contributed by atoms with Crippen LogP contribution in [0.3, 0.4) is 0 Å². The molecule has 6 rings (SSSR count). The number of rotatable bonds is 7. The first-order valence-corrected chi connectivity index (χ1v) is 13.2. The van der Waals surface area contributed by atoms with Crippen LogP contribution in [0.15, 0.2) is 60.7 Å². The zero-order valence-electron chi connectivity index (χ0n) is 22.8. The average molecular weight is 554 g/mol. The lowest BCUT2D eigenvalue weighted by Gasteiger charge is -2.42. The summed E-state index contributed by atoms with van der Waals surface area (Å²) in [5.74, 6) is -3.06. The molecular weight excluding hydrogens is 520 g/mol. The highest BCUT2D eigenvalue weighted by Gasteiger charge is 2.77. The number of aliphatic hydroxyl groups excluding tert-OH is 1. The molecule has 10 heteroatoms. The van der Waals surface area contributed by atoms with Crippen LogP contribution in [0, 0.1) is 5.92 Å². The number of hydrogen-bond acceptors (Lipinski definition) is 8. The van der Waals surface area contributed by atoms with Gasteiger partial charge in [-0.2, -0.15) is 4.98 Å². The highest BCUT2D eigenvalue weighted by molar-refractivity contribution is 5.61. The van der Waals surface area contributed by atoms with E-state index in [1.54, 1.807) is 35.2 Å². The number of halogens is 2. The van der Waals surface area contributed by atoms with Gasteiger partial charge in [0.05, 0.1) is 39.0 Å². The van der Waals surface area contributed by atoms with Gasteiger partial charge >= 0.3 is 0 Å². The zero-order chi connectivity index (χ0) is 28.4. The molecule has 0 radical (unpaired) electrons. The molecule has 2 N–H and O–H groups in total. The molecule has 3 heterocycles. The monoisotopic (exact) mass is 553 g/mol. The van der Waals surface area contributed by atoms with Crippen molar-refractivity contribution in [3.63, 3.8) is 0 Å². The second-order valence-electron chi connectivity index (χ2n) is 11.2. The molecule has 1 saturated carbocycles. The van der Waals surface area contributed by atoms with E-state index in [0.29, 0.717) is 23.5 Å². The maximum atomic E-state index is 13.6. The Hall–Kier alpha value is -3.47. The summed E-state index contributed by atoms with van der Waals surface area (Å²) in [6, 6.07) is 18.4. The summed E-state index contributed by atoms with van der Waals surface area (Å²) in [6.45, 7) is -0.235. The van der Waals surface area contributed by atoms with Gasteiger partial charge in [0.1, 0.15) is 5.75 Å². The van der Waals surface area contributed by atoms with Crippen molar-refractivity contribution >= 4 is 5.69 Å². The summed E-state index contributed by atoms with van der Waals surface area (Å²) in [4.78, 5) is 7.99. The molecule has 3 aromatic rings. The maximum Gasteiger partial charge on any atom is 0.282 e. The Balaban J connectivity index is 1.59. The van der Waals surface area contributed by atoms with Gasteiger partial charge in [-0.15, -0.1) is 0 Å². The van der Waals surface area contributed by atoms with Gasteiger partial charge in [0, 0.05) is 30.1 Å². The Labute approximate surface area is 231 Å². The lowest BCUT2D eigenvalue weighted by Crippen LogP contribution is -2.56. The van der Waals surface area contributed by atoms with Crippen molar-refractivity contribution in [2.24, 2.45) is 5.92 Å². The van der Waals surface area contributed by atoms with Crippen molar-refractivity contribution < 1.29 is 33.2 Å². The number of ether oxygens (including phenoxy) is 3. The molecule has 212 valence electrons. The van der Waals surface area contributed by atoms with Gasteiger partial charge in [-0.25, -0.2) is 8.78 Å². The van der Waals surface area contributed by atoms with E-state index in [9.17, 15) is 19.0 Å². The van der Waals surface area contributed by atoms with E-state index in [1.807, 2.05) is 49.3 Å². The summed E-state index contributed by atoms with van der Waals surface area (Å²) >= 11 is 0. The van der Waals surface area contributed by atoms with Crippen LogP contribution in [0.5, 0.6) is 17.5 Å². The Morgan fingerprint density at radius 2 is 1.73 bits per heavy atom.